The zero-order chi connectivity index (χ0) is 15.4. The Bertz CT molecular complexity index is 490. The predicted molar refractivity (Wildman–Crippen MR) is 88.2 cm³/mol. The lowest BCUT2D eigenvalue weighted by atomic mass is 10.00. The van der Waals surface area contributed by atoms with Crippen LogP contribution in [0, 0.1) is 5.92 Å². The molecule has 2 N–H and O–H groups in total. The van der Waals surface area contributed by atoms with E-state index < -0.39 is 0 Å². The predicted octanol–water partition coefficient (Wildman–Crippen LogP) is 1.85. The number of nitrogens with zero attached hydrogens (tertiary/aromatic N) is 2. The normalized spacial score (nSPS) is 26.3. The molecule has 120 valence electrons. The second-order valence-electron chi connectivity index (χ2n) is 6.64. The second-order valence-corrected chi connectivity index (χ2v) is 6.64. The molecule has 4 heteroatoms. The first-order valence-electron chi connectivity index (χ1n) is 8.54. The molecule has 2 atom stereocenters. The number of rotatable bonds is 4. The number of hydrogen-bond donors (Lipinski definition) is 1. The summed E-state index contributed by atoms with van der Waals surface area (Å²) in [6, 6.07) is 10.5. The summed E-state index contributed by atoms with van der Waals surface area (Å²) < 4.78 is 0. The highest BCUT2D eigenvalue weighted by molar-refractivity contribution is 5.82. The number of benzene rings is 1. The molecule has 2 aliphatic heterocycles. The van der Waals surface area contributed by atoms with Crippen molar-refractivity contribution in [2.24, 2.45) is 11.7 Å². The van der Waals surface area contributed by atoms with Crippen LogP contribution < -0.4 is 5.73 Å². The van der Waals surface area contributed by atoms with E-state index in [4.69, 9.17) is 5.73 Å². The van der Waals surface area contributed by atoms with Gasteiger partial charge in [-0.15, -0.1) is 0 Å². The van der Waals surface area contributed by atoms with E-state index >= 15 is 0 Å². The lowest BCUT2D eigenvalue weighted by Crippen LogP contribution is -2.50. The van der Waals surface area contributed by atoms with Gasteiger partial charge in [0.25, 0.3) is 0 Å². The molecular weight excluding hydrogens is 274 g/mol. The van der Waals surface area contributed by atoms with Crippen molar-refractivity contribution in [1.29, 1.82) is 0 Å². The molecule has 0 unspecified atom stereocenters. The Kier molecular flexibility index (Phi) is 5.11. The van der Waals surface area contributed by atoms with Crippen molar-refractivity contribution in [3.8, 4) is 0 Å². The summed E-state index contributed by atoms with van der Waals surface area (Å²) in [5.41, 5.74) is 7.05. The number of likely N-dealkylation sites (tertiary alicyclic amines) is 2. The van der Waals surface area contributed by atoms with Gasteiger partial charge in [-0.05, 0) is 43.8 Å². The van der Waals surface area contributed by atoms with E-state index in [1.165, 1.54) is 12.0 Å². The molecule has 2 saturated heterocycles. The number of nitrogens with two attached hydrogens (primary N) is 1. The molecule has 2 aliphatic rings. The van der Waals surface area contributed by atoms with Gasteiger partial charge in [-0.3, -0.25) is 9.69 Å². The van der Waals surface area contributed by atoms with Crippen LogP contribution in [0.1, 0.15) is 31.2 Å². The summed E-state index contributed by atoms with van der Waals surface area (Å²) in [4.78, 5) is 17.3. The molecule has 0 aliphatic carbocycles. The summed E-state index contributed by atoms with van der Waals surface area (Å²) >= 11 is 0. The van der Waals surface area contributed by atoms with E-state index in [2.05, 4.69) is 29.2 Å². The van der Waals surface area contributed by atoms with Gasteiger partial charge < -0.3 is 10.6 Å². The van der Waals surface area contributed by atoms with Crippen LogP contribution in [0.5, 0.6) is 0 Å². The third-order valence-electron chi connectivity index (χ3n) is 5.06. The van der Waals surface area contributed by atoms with Gasteiger partial charge in [0.05, 0.1) is 6.04 Å². The van der Waals surface area contributed by atoms with Gasteiger partial charge in [0.15, 0.2) is 0 Å². The molecule has 0 aromatic heterocycles. The van der Waals surface area contributed by atoms with Gasteiger partial charge in [-0.25, -0.2) is 0 Å². The van der Waals surface area contributed by atoms with Crippen LogP contribution in [0.3, 0.4) is 0 Å². The fourth-order valence-corrected chi connectivity index (χ4v) is 3.71. The maximum atomic E-state index is 12.9. The molecule has 0 spiro atoms. The Morgan fingerprint density at radius 3 is 2.68 bits per heavy atom. The van der Waals surface area contributed by atoms with E-state index in [9.17, 15) is 4.79 Å². The highest BCUT2D eigenvalue weighted by atomic mass is 16.2. The van der Waals surface area contributed by atoms with E-state index in [0.29, 0.717) is 18.4 Å². The Hall–Kier alpha value is -1.39. The fraction of sp³-hybridized carbons (Fsp3) is 0.611. The molecule has 0 radical (unpaired) electrons. The fourth-order valence-electron chi connectivity index (χ4n) is 3.71. The Morgan fingerprint density at radius 2 is 1.95 bits per heavy atom. The number of amides is 1. The van der Waals surface area contributed by atoms with Crippen molar-refractivity contribution in [2.75, 3.05) is 26.2 Å². The molecule has 2 fully saturated rings. The van der Waals surface area contributed by atoms with E-state index in [1.807, 2.05) is 11.0 Å². The molecule has 4 nitrogen and oxygen atoms in total. The van der Waals surface area contributed by atoms with E-state index in [1.54, 1.807) is 0 Å². The standard InChI is InChI=1S/C18H27N3O/c19-12-16-9-11-21(14-16)18(22)17-8-4-5-10-20(17)13-15-6-2-1-3-7-15/h1-3,6-7,16-17H,4-5,8-14,19H2/t16-,17-/m1/s1. The summed E-state index contributed by atoms with van der Waals surface area (Å²) in [5, 5.41) is 0. The molecule has 1 amide bonds. The molecule has 22 heavy (non-hydrogen) atoms. The smallest absolute Gasteiger partial charge is 0.239 e. The van der Waals surface area contributed by atoms with Crippen molar-refractivity contribution in [3.63, 3.8) is 0 Å². The van der Waals surface area contributed by atoms with Crippen LogP contribution in [-0.2, 0) is 11.3 Å². The first kappa shape index (κ1) is 15.5. The molecule has 0 bridgehead atoms. The van der Waals surface area contributed by atoms with Crippen LogP contribution in [0.2, 0.25) is 0 Å². The number of carbonyl (C=O) groups is 1. The van der Waals surface area contributed by atoms with Gasteiger partial charge in [-0.2, -0.15) is 0 Å². The van der Waals surface area contributed by atoms with Crippen LogP contribution >= 0.6 is 0 Å². The quantitative estimate of drug-likeness (QED) is 0.923. The average molecular weight is 301 g/mol. The minimum atomic E-state index is 0.0606. The number of hydrogen-bond acceptors (Lipinski definition) is 3. The zero-order valence-corrected chi connectivity index (χ0v) is 13.3. The van der Waals surface area contributed by atoms with Gasteiger partial charge >= 0.3 is 0 Å². The molecule has 2 heterocycles. The summed E-state index contributed by atoms with van der Waals surface area (Å²) in [6.07, 6.45) is 4.42. The van der Waals surface area contributed by atoms with Crippen molar-refractivity contribution in [1.82, 2.24) is 9.80 Å². The van der Waals surface area contributed by atoms with Crippen LogP contribution in [0.15, 0.2) is 30.3 Å². The van der Waals surface area contributed by atoms with E-state index in [-0.39, 0.29) is 6.04 Å². The summed E-state index contributed by atoms with van der Waals surface area (Å²) in [7, 11) is 0. The van der Waals surface area contributed by atoms with Crippen molar-refractivity contribution in [3.05, 3.63) is 35.9 Å². The van der Waals surface area contributed by atoms with Gasteiger partial charge in [0.1, 0.15) is 0 Å². The van der Waals surface area contributed by atoms with Crippen LogP contribution in [-0.4, -0.2) is 47.9 Å². The average Bonchev–Trinajstić information content (AvgIpc) is 3.05. The Balaban J connectivity index is 1.66. The molecule has 1 aromatic rings. The minimum absolute atomic E-state index is 0.0606. The lowest BCUT2D eigenvalue weighted by molar-refractivity contribution is -0.137. The maximum Gasteiger partial charge on any atom is 0.239 e. The van der Waals surface area contributed by atoms with Crippen LogP contribution in [0.4, 0.5) is 0 Å². The summed E-state index contributed by atoms with van der Waals surface area (Å²) in [5.74, 6) is 0.821. The second kappa shape index (κ2) is 7.25. The van der Waals surface area contributed by atoms with Crippen LogP contribution in [0.25, 0.3) is 0 Å². The monoisotopic (exact) mass is 301 g/mol. The molecule has 3 rings (SSSR count). The van der Waals surface area contributed by atoms with Gasteiger partial charge in [0.2, 0.25) is 5.91 Å². The van der Waals surface area contributed by atoms with Crippen molar-refractivity contribution >= 4 is 5.91 Å². The van der Waals surface area contributed by atoms with E-state index in [0.717, 1.165) is 45.4 Å². The van der Waals surface area contributed by atoms with Crippen molar-refractivity contribution in [2.45, 2.75) is 38.3 Å². The van der Waals surface area contributed by atoms with Crippen molar-refractivity contribution < 1.29 is 4.79 Å². The Morgan fingerprint density at radius 1 is 1.14 bits per heavy atom. The topological polar surface area (TPSA) is 49.6 Å². The third kappa shape index (κ3) is 3.50. The van der Waals surface area contributed by atoms with Gasteiger partial charge in [0, 0.05) is 19.6 Å². The summed E-state index contributed by atoms with van der Waals surface area (Å²) in [6.45, 7) is 4.34. The highest BCUT2D eigenvalue weighted by Crippen LogP contribution is 2.24. The third-order valence-corrected chi connectivity index (χ3v) is 5.06. The maximum absolute atomic E-state index is 12.9. The zero-order valence-electron chi connectivity index (χ0n) is 13.3. The van der Waals surface area contributed by atoms with Gasteiger partial charge in [-0.1, -0.05) is 36.8 Å². The highest BCUT2D eigenvalue weighted by Gasteiger charge is 2.34. The largest absolute Gasteiger partial charge is 0.341 e. The molecular formula is C18H27N3O. The first-order valence-corrected chi connectivity index (χ1v) is 8.54. The number of piperidine rings is 1. The SMILES string of the molecule is NC[C@H]1CCN(C(=O)[C@H]2CCCCN2Cc2ccccc2)C1. The first-order chi connectivity index (χ1) is 10.8. The molecule has 0 saturated carbocycles. The number of carbonyl (C=O) groups excluding carboxylic acids is 1. The lowest BCUT2D eigenvalue weighted by Gasteiger charge is -2.36. The minimum Gasteiger partial charge on any atom is -0.341 e. The Labute approximate surface area is 133 Å². The molecule has 1 aromatic carbocycles.